The first-order valence-electron chi connectivity index (χ1n) is 24.3. The summed E-state index contributed by atoms with van der Waals surface area (Å²) in [6.45, 7) is 0. The van der Waals surface area contributed by atoms with Crippen LogP contribution in [-0.4, -0.2) is 0 Å². The van der Waals surface area contributed by atoms with Gasteiger partial charge in [-0.25, -0.2) is 0 Å². The van der Waals surface area contributed by atoms with Gasteiger partial charge in [0.2, 0.25) is 0 Å². The van der Waals surface area contributed by atoms with E-state index in [2.05, 4.69) is 0 Å². The molecule has 8 aromatic carbocycles. The van der Waals surface area contributed by atoms with E-state index < -0.39 is 222 Å². The highest BCUT2D eigenvalue weighted by atomic mass is 14.2. The van der Waals surface area contributed by atoms with E-state index >= 15 is 0 Å². The minimum absolute atomic E-state index is 0.353. The van der Waals surface area contributed by atoms with E-state index in [0.29, 0.717) is 0 Å². The second kappa shape index (κ2) is 9.22. The molecule has 0 aliphatic heterocycles. The zero-order valence-electron chi connectivity index (χ0n) is 45.1. The first-order valence-corrected chi connectivity index (χ1v) is 11.8. The average Bonchev–Trinajstić information content (AvgIpc) is 3.27. The minimum atomic E-state index is -0.991. The van der Waals surface area contributed by atoms with Crippen molar-refractivity contribution < 1.29 is 34.3 Å². The predicted octanol–water partition coefficient (Wildman–Crippen LogP) is 11.3. The molecule has 0 fully saturated rings. The van der Waals surface area contributed by atoms with Crippen molar-refractivity contribution in [2.45, 2.75) is 0 Å². The summed E-state index contributed by atoms with van der Waals surface area (Å²) in [5.41, 5.74) is -3.96. The lowest BCUT2D eigenvalue weighted by molar-refractivity contribution is 1.63. The Kier molecular flexibility index (Phi) is 2.05. The molecule has 40 heavy (non-hydrogen) atoms. The topological polar surface area (TPSA) is 0 Å². The summed E-state index contributed by atoms with van der Waals surface area (Å²) >= 11 is 0. The minimum Gasteiger partial charge on any atom is -0.0616 e. The highest BCUT2D eigenvalue weighted by molar-refractivity contribution is 6.21. The van der Waals surface area contributed by atoms with Gasteiger partial charge in [-0.1, -0.05) is 145 Å². The van der Waals surface area contributed by atoms with E-state index in [1.54, 1.807) is 0 Å². The van der Waals surface area contributed by atoms with Gasteiger partial charge in [-0.2, -0.15) is 0 Å². The molecular weight excluding hydrogens is 480 g/mol. The van der Waals surface area contributed by atoms with Gasteiger partial charge in [0.25, 0.3) is 0 Å². The van der Waals surface area contributed by atoms with Crippen LogP contribution in [0.25, 0.3) is 76.5 Å². The Hall–Kier alpha value is -5.20. The molecule has 0 amide bonds. The number of hydrogen-bond donors (Lipinski definition) is 0. The van der Waals surface area contributed by atoms with Crippen molar-refractivity contribution in [3.63, 3.8) is 0 Å². The Labute approximate surface area is 268 Å². The molecule has 8 aromatic rings. The summed E-state index contributed by atoms with van der Waals surface area (Å²) in [6.07, 6.45) is 0. The van der Waals surface area contributed by atoms with Crippen LogP contribution in [0, 0.1) is 0 Å². The van der Waals surface area contributed by atoms with Crippen LogP contribution in [0.4, 0.5) is 0 Å². The quantitative estimate of drug-likeness (QED) is 0.199. The van der Waals surface area contributed by atoms with Gasteiger partial charge in [0.05, 0.1) is 34.3 Å². The zero-order chi connectivity index (χ0) is 48.2. The Morgan fingerprint density at radius 2 is 0.700 bits per heavy atom. The molecule has 0 heterocycles. The SMILES string of the molecule is [2H]c1c([2H])c(-c2c3c([2H])c([2H])c([2H])c([2H])c3c(-c3c([2H])c([2H])c4c([2H])c([2H])c([2H])c([2H])c4c3[2H])c3c([2H])c([2H])c([2H])c([2H])c23)c([2H])c([2H])c1-c1cc([2H])c2c([2H])c([2H])c([2H])c([2H])c2c1[2H]. The molecule has 0 heteroatoms. The van der Waals surface area contributed by atoms with Crippen LogP contribution >= 0.6 is 0 Å². The lowest BCUT2D eigenvalue weighted by Crippen LogP contribution is -1.91. The molecule has 0 nitrogen and oxygen atoms in total. The van der Waals surface area contributed by atoms with Gasteiger partial charge >= 0.3 is 0 Å². The summed E-state index contributed by atoms with van der Waals surface area (Å²) in [6, 6.07) is -20.4. The van der Waals surface area contributed by atoms with Gasteiger partial charge in [0.15, 0.2) is 0 Å². The third-order valence-corrected chi connectivity index (χ3v) is 6.33. The third kappa shape index (κ3) is 3.69. The van der Waals surface area contributed by atoms with Crippen molar-refractivity contribution in [1.82, 2.24) is 0 Å². The molecule has 186 valence electrons. The second-order valence-corrected chi connectivity index (χ2v) is 8.58. The second-order valence-electron chi connectivity index (χ2n) is 8.58. The lowest BCUT2D eigenvalue weighted by Gasteiger charge is -2.18. The zero-order valence-corrected chi connectivity index (χ0v) is 20.1. The average molecular weight is 532 g/mol. The molecule has 0 aliphatic rings. The van der Waals surface area contributed by atoms with Crippen LogP contribution < -0.4 is 0 Å². The first-order chi connectivity index (χ1) is 30.3. The van der Waals surface area contributed by atoms with Crippen molar-refractivity contribution in [3.05, 3.63) is 157 Å². The Balaban J connectivity index is 1.65. The summed E-state index contributed by atoms with van der Waals surface area (Å²) < 4.78 is 221. The number of benzene rings is 8. The number of hydrogen-bond acceptors (Lipinski definition) is 0. The third-order valence-electron chi connectivity index (χ3n) is 6.33. The fraction of sp³-hybridized carbons (Fsp3) is 0. The predicted molar refractivity (Wildman–Crippen MR) is 173 cm³/mol. The maximum Gasteiger partial charge on any atom is 0.0636 e. The monoisotopic (exact) mass is 531 g/mol. The Morgan fingerprint density at radius 1 is 0.300 bits per heavy atom. The molecule has 0 saturated heterocycles. The van der Waals surface area contributed by atoms with Crippen molar-refractivity contribution >= 4 is 43.1 Å². The van der Waals surface area contributed by atoms with Crippen LogP contribution in [0.3, 0.4) is 0 Å². The van der Waals surface area contributed by atoms with Crippen molar-refractivity contribution in [1.29, 1.82) is 0 Å². The molecule has 0 aromatic heterocycles. The fourth-order valence-electron chi connectivity index (χ4n) is 4.57. The first kappa shape index (κ1) is 8.91. The number of rotatable bonds is 3. The Bertz CT molecular complexity index is 3490. The van der Waals surface area contributed by atoms with Crippen molar-refractivity contribution in [2.24, 2.45) is 0 Å². The molecule has 0 unspecified atom stereocenters. The van der Waals surface area contributed by atoms with Crippen LogP contribution in [0.1, 0.15) is 34.3 Å². The normalized spacial score (nSPS) is 20.2. The van der Waals surface area contributed by atoms with E-state index in [9.17, 15) is 13.7 Å². The maximum absolute atomic E-state index is 9.40. The maximum atomic E-state index is 9.40. The molecule has 0 spiro atoms. The van der Waals surface area contributed by atoms with Gasteiger partial charge < -0.3 is 0 Å². The van der Waals surface area contributed by atoms with Crippen LogP contribution in [0.15, 0.2) is 157 Å². The van der Waals surface area contributed by atoms with Crippen LogP contribution in [-0.2, 0) is 0 Å². The van der Waals surface area contributed by atoms with E-state index in [4.69, 9.17) is 20.6 Å². The van der Waals surface area contributed by atoms with E-state index in [1.807, 2.05) is 0 Å². The van der Waals surface area contributed by atoms with Crippen LogP contribution in [0.5, 0.6) is 0 Å². The molecule has 0 bridgehead atoms. The van der Waals surface area contributed by atoms with Crippen molar-refractivity contribution in [3.8, 4) is 33.4 Å². The van der Waals surface area contributed by atoms with Crippen molar-refractivity contribution in [2.75, 3.05) is 0 Å². The highest BCUT2D eigenvalue weighted by Crippen LogP contribution is 2.44. The lowest BCUT2D eigenvalue weighted by atomic mass is 9.85. The van der Waals surface area contributed by atoms with Gasteiger partial charge in [-0.3, -0.25) is 0 Å². The number of fused-ring (bicyclic) bond motifs is 4. The molecule has 0 radical (unpaired) electrons. The Morgan fingerprint density at radius 3 is 1.27 bits per heavy atom. The summed E-state index contributed by atoms with van der Waals surface area (Å²) in [7, 11) is 0. The highest BCUT2D eigenvalue weighted by Gasteiger charge is 2.16. The van der Waals surface area contributed by atoms with Gasteiger partial charge in [0, 0.05) is 0 Å². The molecule has 8 rings (SSSR count). The van der Waals surface area contributed by atoms with Gasteiger partial charge in [0.1, 0.15) is 0 Å². The molecule has 0 aliphatic carbocycles. The van der Waals surface area contributed by atoms with Gasteiger partial charge in [-0.15, -0.1) is 0 Å². The summed E-state index contributed by atoms with van der Waals surface area (Å²) in [5.74, 6) is 0. The summed E-state index contributed by atoms with van der Waals surface area (Å²) in [4.78, 5) is 0. The molecule has 0 N–H and O–H groups in total. The van der Waals surface area contributed by atoms with E-state index in [1.165, 1.54) is 0 Å². The standard InChI is InChI=1S/C40H26/c1-3-11-31-25-33(23-19-27(31)9-1)29-17-21-30(22-18-29)39-35-13-5-7-15-37(35)40(38-16-8-6-14-36(38)39)34-24-20-28-10-2-4-12-32(28)26-34/h1-26H/i1D,2D,3D,4D,5D,6D,7D,8D,9D,10D,11D,12D,13D,14D,15D,16D,17D,18D,19D,20D,21D,22D,24D,25D,26D. The van der Waals surface area contributed by atoms with Gasteiger partial charge in [-0.05, 0) is 88.6 Å². The van der Waals surface area contributed by atoms with E-state index in [-0.39, 0.29) is 5.39 Å². The van der Waals surface area contributed by atoms with Crippen LogP contribution in [0.2, 0.25) is 0 Å². The molecule has 0 atom stereocenters. The largest absolute Gasteiger partial charge is 0.0636 e. The molecule has 0 saturated carbocycles. The molecular formula is C40H26. The smallest absolute Gasteiger partial charge is 0.0616 e. The van der Waals surface area contributed by atoms with E-state index in [0.717, 1.165) is 6.07 Å². The summed E-state index contributed by atoms with van der Waals surface area (Å²) in [5, 5.41) is -4.68. The fourth-order valence-corrected chi connectivity index (χ4v) is 4.57.